The average molecular weight is 860 g/mol. The Hall–Kier alpha value is -3.10. The predicted octanol–water partition coefficient (Wildman–Crippen LogP) is 14.4. The molecule has 0 saturated heterocycles. The van der Waals surface area contributed by atoms with Gasteiger partial charge in [-0.2, -0.15) is 5.26 Å². The summed E-state index contributed by atoms with van der Waals surface area (Å²) in [6.07, 6.45) is 23.5. The molecule has 1 heterocycles. The van der Waals surface area contributed by atoms with E-state index in [-0.39, 0.29) is 23.2 Å². The third-order valence-corrected chi connectivity index (χ3v) is 17.1. The fourth-order valence-electron chi connectivity index (χ4n) is 13.4. The van der Waals surface area contributed by atoms with Gasteiger partial charge in [-0.05, 0) is 150 Å². The molecule has 0 spiro atoms. The summed E-state index contributed by atoms with van der Waals surface area (Å²) < 4.78 is 4.13. The largest absolute Gasteiger partial charge is 0.513 e. The van der Waals surface area contributed by atoms with E-state index in [0.717, 1.165) is 23.5 Å². The molecule has 342 valence electrons. The first-order valence-corrected chi connectivity index (χ1v) is 24.7. The van der Waals surface area contributed by atoms with Gasteiger partial charge in [-0.1, -0.05) is 111 Å². The number of aromatic nitrogens is 2. The molecule has 6 rings (SSSR count). The Bertz CT molecular complexity index is 1920. The molecule has 61 heavy (non-hydrogen) atoms. The fraction of sp³-hybridized carbons (Fsp3) is 0.717. The molecule has 0 amide bonds. The summed E-state index contributed by atoms with van der Waals surface area (Å²) in [5, 5.41) is 24.8. The maximum Gasteiger partial charge on any atom is 0.309 e. The highest BCUT2D eigenvalue weighted by Crippen LogP contribution is 2.76. The van der Waals surface area contributed by atoms with Gasteiger partial charge in [0.1, 0.15) is 0 Å². The van der Waals surface area contributed by atoms with Crippen molar-refractivity contribution >= 4 is 20.9 Å². The molecular weight excluding hydrogens is 774 g/mol. The molecule has 0 aromatic carbocycles. The first kappa shape index (κ1) is 52.2. The van der Waals surface area contributed by atoms with Crippen molar-refractivity contribution in [2.45, 2.75) is 192 Å². The van der Waals surface area contributed by atoms with E-state index >= 15 is 0 Å². The van der Waals surface area contributed by atoms with Crippen LogP contribution in [0.3, 0.4) is 0 Å². The highest BCUT2D eigenvalue weighted by Gasteiger charge is 2.68. The number of carboxylic acid groups (broad SMARTS) is 1. The van der Waals surface area contributed by atoms with E-state index in [1.165, 1.54) is 102 Å². The minimum atomic E-state index is -0.928. The number of nitriles is 1. The van der Waals surface area contributed by atoms with Crippen molar-refractivity contribution in [3.8, 4) is 6.07 Å². The van der Waals surface area contributed by atoms with E-state index in [1.807, 2.05) is 50.6 Å². The number of aliphatic carboxylic acids is 1. The lowest BCUT2D eigenvalue weighted by atomic mass is 9.37. The van der Waals surface area contributed by atoms with Crippen LogP contribution in [0.4, 0.5) is 0 Å². The number of nitrogens with zero attached hydrogens (tertiary/aromatic N) is 3. The van der Waals surface area contributed by atoms with Crippen LogP contribution in [0.1, 0.15) is 186 Å². The summed E-state index contributed by atoms with van der Waals surface area (Å²) in [6, 6.07) is 3.94. The number of aliphatic hydroxyl groups excluding tert-OH is 1. The topological polar surface area (TPSA) is 108 Å². The molecule has 9 atom stereocenters. The molecule has 1 aromatic heterocycles. The quantitative estimate of drug-likeness (QED) is 0.105. The lowest BCUT2D eigenvalue weighted by Crippen LogP contribution is -2.60. The Morgan fingerprint density at radius 2 is 1.66 bits per heavy atom. The van der Waals surface area contributed by atoms with Crippen molar-refractivity contribution in [3.63, 3.8) is 0 Å². The van der Waals surface area contributed by atoms with Crippen LogP contribution in [0.15, 0.2) is 64.7 Å². The minimum Gasteiger partial charge on any atom is -0.513 e. The maximum atomic E-state index is 13.9. The van der Waals surface area contributed by atoms with Crippen molar-refractivity contribution in [2.24, 2.45) is 51.2 Å². The van der Waals surface area contributed by atoms with Gasteiger partial charge in [-0.3, -0.25) is 14.3 Å². The highest BCUT2D eigenvalue weighted by atomic mass is 31.0. The molecule has 9 unspecified atom stereocenters. The van der Waals surface area contributed by atoms with Crippen LogP contribution in [0.2, 0.25) is 0 Å². The summed E-state index contributed by atoms with van der Waals surface area (Å²) in [6.45, 7) is 36.1. The standard InChI is InChI=1S/C41H63N2OP.C7H12O3.C3H5N.C2H6/c1-10-28(5)14-15-29(6)43-36(44)25-35(42(43)26-45)41-20-12-13-31(27(3)4)37(41)32-16-17-34-38(7,33(32)19-22-41)23-24-39(8)30(11-2)18-21-40(34,39)9;1-5(8)4-7(2,3)6(9)10;1-2-3-4;1-2/h10,14-15,25,27,30,32-34H,6,11-13,16-24,26,45H2,1-5,7-9H3;8H,1,4H2,2-3H3,(H,9,10);2H2,1H3;1-2H3/b15-14-,28-10-;;;. The number of hydrogen-bond donors (Lipinski definition) is 2. The number of aliphatic hydroxyl groups is 1. The van der Waals surface area contributed by atoms with Crippen LogP contribution in [-0.2, 0) is 16.5 Å². The molecule has 4 fully saturated rings. The lowest BCUT2D eigenvalue weighted by molar-refractivity contribution is -0.166. The molecule has 0 radical (unpaired) electrons. The Balaban J connectivity index is 0.000000531. The van der Waals surface area contributed by atoms with Gasteiger partial charge >= 0.3 is 5.97 Å². The number of fused-ring (bicyclic) bond motifs is 7. The van der Waals surface area contributed by atoms with Gasteiger partial charge in [0, 0.05) is 24.3 Å². The van der Waals surface area contributed by atoms with Gasteiger partial charge in [0.05, 0.1) is 34.9 Å². The number of carbonyl (C=O) groups is 1. The lowest BCUT2D eigenvalue weighted by Gasteiger charge is -2.67. The van der Waals surface area contributed by atoms with E-state index in [4.69, 9.17) is 15.5 Å². The van der Waals surface area contributed by atoms with Crippen LogP contribution >= 0.6 is 9.24 Å². The Labute approximate surface area is 374 Å². The van der Waals surface area contributed by atoms with Crippen LogP contribution < -0.4 is 5.56 Å². The van der Waals surface area contributed by atoms with Crippen LogP contribution in [0.25, 0.3) is 5.70 Å². The molecular formula is C53H86N3O4P. The zero-order valence-corrected chi connectivity index (χ0v) is 42.0. The van der Waals surface area contributed by atoms with Crippen molar-refractivity contribution in [2.75, 3.05) is 0 Å². The summed E-state index contributed by atoms with van der Waals surface area (Å²) >= 11 is 0. The van der Waals surface area contributed by atoms with E-state index in [0.29, 0.717) is 40.8 Å². The zero-order chi connectivity index (χ0) is 46.3. The van der Waals surface area contributed by atoms with Gasteiger partial charge in [-0.15, -0.1) is 9.24 Å². The van der Waals surface area contributed by atoms with E-state index in [9.17, 15) is 9.59 Å². The van der Waals surface area contributed by atoms with Crippen LogP contribution in [0, 0.1) is 62.6 Å². The molecule has 5 aliphatic carbocycles. The summed E-state index contributed by atoms with van der Waals surface area (Å²) in [7, 11) is 2.93. The van der Waals surface area contributed by atoms with Crippen molar-refractivity contribution < 1.29 is 15.0 Å². The third kappa shape index (κ3) is 9.86. The smallest absolute Gasteiger partial charge is 0.309 e. The molecule has 0 bridgehead atoms. The molecule has 2 N–H and O–H groups in total. The number of carboxylic acids is 1. The normalized spacial score (nSPS) is 31.7. The minimum absolute atomic E-state index is 0.0415. The first-order valence-electron chi connectivity index (χ1n) is 23.8. The average Bonchev–Trinajstić information content (AvgIpc) is 3.71. The van der Waals surface area contributed by atoms with Crippen molar-refractivity contribution in [1.82, 2.24) is 9.36 Å². The van der Waals surface area contributed by atoms with E-state index in [2.05, 4.69) is 87.7 Å². The van der Waals surface area contributed by atoms with Crippen molar-refractivity contribution in [3.05, 3.63) is 76.0 Å². The SMILES string of the molecule is C=C(/C=C\C(C)=C/C)n1c(=O)cc(C23CCCC(C(C)C)=C2C2CCC4C(C)(CCC5(C)C(CC)CCC45C)C2CC3)n1CP.C=C(O)CC(C)(C)C(=O)O.CC.CCC#N. The zero-order valence-electron chi connectivity index (χ0n) is 40.8. The van der Waals surface area contributed by atoms with E-state index in [1.54, 1.807) is 11.1 Å². The molecule has 7 nitrogen and oxygen atoms in total. The second kappa shape index (κ2) is 21.1. The van der Waals surface area contributed by atoms with Crippen LogP contribution in [0.5, 0.6) is 0 Å². The second-order valence-electron chi connectivity index (χ2n) is 20.5. The van der Waals surface area contributed by atoms with Gasteiger partial charge in [0.15, 0.2) is 0 Å². The second-order valence-corrected chi connectivity index (χ2v) is 20.8. The first-order chi connectivity index (χ1) is 28.6. The Morgan fingerprint density at radius 3 is 2.16 bits per heavy atom. The molecule has 5 aliphatic rings. The Kier molecular flexibility index (Phi) is 18.0. The summed E-state index contributed by atoms with van der Waals surface area (Å²) in [4.78, 5) is 24.3. The number of rotatable bonds is 10. The van der Waals surface area contributed by atoms with E-state index < -0.39 is 11.4 Å². The van der Waals surface area contributed by atoms with Gasteiger partial charge in [-0.25, -0.2) is 4.68 Å². The molecule has 4 saturated carbocycles. The summed E-state index contributed by atoms with van der Waals surface area (Å²) in [5.41, 5.74) is 7.19. The molecule has 1 aromatic rings. The van der Waals surface area contributed by atoms with Gasteiger partial charge < -0.3 is 10.2 Å². The predicted molar refractivity (Wildman–Crippen MR) is 260 cm³/mol. The van der Waals surface area contributed by atoms with Gasteiger partial charge in [0.2, 0.25) is 0 Å². The van der Waals surface area contributed by atoms with Crippen LogP contribution in [-0.4, -0.2) is 25.5 Å². The Morgan fingerprint density at radius 1 is 1.02 bits per heavy atom. The molecule has 8 heteroatoms. The highest BCUT2D eigenvalue weighted by molar-refractivity contribution is 7.15. The fourth-order valence-corrected chi connectivity index (χ4v) is 13.8. The maximum absolute atomic E-state index is 13.9. The van der Waals surface area contributed by atoms with Gasteiger partial charge in [0.25, 0.3) is 5.56 Å². The number of allylic oxidation sites excluding steroid dienone is 8. The monoisotopic (exact) mass is 860 g/mol. The van der Waals surface area contributed by atoms with Crippen molar-refractivity contribution in [1.29, 1.82) is 5.26 Å². The third-order valence-electron chi connectivity index (χ3n) is 16.7. The summed E-state index contributed by atoms with van der Waals surface area (Å²) in [5.74, 6) is 2.67. The number of hydrogen-bond acceptors (Lipinski definition) is 4. The molecule has 0 aliphatic heterocycles.